The van der Waals surface area contributed by atoms with E-state index >= 15 is 0 Å². The minimum absolute atomic E-state index is 0.259. The first-order valence-electron chi connectivity index (χ1n) is 6.64. The zero-order chi connectivity index (χ0) is 12.1. The number of nitrogens with zero attached hydrogens (tertiary/aromatic N) is 1. The summed E-state index contributed by atoms with van der Waals surface area (Å²) in [6.07, 6.45) is 7.58. The quantitative estimate of drug-likeness (QED) is 0.784. The zero-order valence-corrected chi connectivity index (χ0v) is 10.5. The molecule has 17 heavy (non-hydrogen) atoms. The summed E-state index contributed by atoms with van der Waals surface area (Å²) in [5.74, 6) is 0.673. The third-order valence-electron chi connectivity index (χ3n) is 3.31. The molecule has 0 radical (unpaired) electrons. The van der Waals surface area contributed by atoms with Crippen LogP contribution in [0.2, 0.25) is 0 Å². The molecule has 94 valence electrons. The second-order valence-electron chi connectivity index (χ2n) is 4.93. The molecule has 1 aliphatic rings. The van der Waals surface area contributed by atoms with Crippen LogP contribution in [0.15, 0.2) is 18.3 Å². The van der Waals surface area contributed by atoms with Crippen LogP contribution < -0.4 is 5.32 Å². The fraction of sp³-hybridized carbons (Fsp3) is 0.643. The van der Waals surface area contributed by atoms with Crippen LogP contribution in [0, 0.1) is 11.7 Å². The lowest BCUT2D eigenvalue weighted by molar-refractivity contribution is 0.459. The van der Waals surface area contributed by atoms with Crippen LogP contribution >= 0.6 is 0 Å². The van der Waals surface area contributed by atoms with Gasteiger partial charge in [0.1, 0.15) is 5.82 Å². The summed E-state index contributed by atoms with van der Waals surface area (Å²) in [7, 11) is 0. The van der Waals surface area contributed by atoms with E-state index in [-0.39, 0.29) is 11.9 Å². The normalized spacial score (nSPS) is 17.1. The van der Waals surface area contributed by atoms with Gasteiger partial charge in [0.15, 0.2) is 0 Å². The number of pyridine rings is 1. The molecule has 2 nitrogen and oxygen atoms in total. The summed E-state index contributed by atoms with van der Waals surface area (Å²) in [4.78, 5) is 4.19. The summed E-state index contributed by atoms with van der Waals surface area (Å²) in [6, 6.07) is 3.59. The first-order valence-corrected chi connectivity index (χ1v) is 6.64. The van der Waals surface area contributed by atoms with E-state index in [0.29, 0.717) is 0 Å². The van der Waals surface area contributed by atoms with Gasteiger partial charge in [-0.05, 0) is 43.9 Å². The van der Waals surface area contributed by atoms with Crippen LogP contribution in [-0.2, 0) is 0 Å². The molecular weight excluding hydrogens is 215 g/mol. The van der Waals surface area contributed by atoms with Gasteiger partial charge in [0.2, 0.25) is 0 Å². The molecule has 1 fully saturated rings. The minimum atomic E-state index is -0.259. The van der Waals surface area contributed by atoms with E-state index in [1.807, 2.05) is 0 Å². The maximum absolute atomic E-state index is 12.8. The molecule has 0 amide bonds. The lowest BCUT2D eigenvalue weighted by atomic mass is 10.0. The molecule has 0 spiro atoms. The van der Waals surface area contributed by atoms with E-state index in [2.05, 4.69) is 17.2 Å². The molecule has 0 saturated heterocycles. The van der Waals surface area contributed by atoms with Gasteiger partial charge in [0, 0.05) is 6.04 Å². The van der Waals surface area contributed by atoms with Crippen LogP contribution in [0.1, 0.15) is 50.8 Å². The highest BCUT2D eigenvalue weighted by Gasteiger charge is 2.23. The number of nitrogens with one attached hydrogen (secondary N) is 1. The van der Waals surface area contributed by atoms with Crippen molar-refractivity contribution in [1.82, 2.24) is 10.3 Å². The van der Waals surface area contributed by atoms with E-state index < -0.39 is 0 Å². The largest absolute Gasteiger partial charge is 0.309 e. The summed E-state index contributed by atoms with van der Waals surface area (Å²) < 4.78 is 12.8. The van der Waals surface area contributed by atoms with Crippen molar-refractivity contribution < 1.29 is 4.39 Å². The molecule has 2 rings (SSSR count). The summed E-state index contributed by atoms with van der Waals surface area (Å²) in [5, 5.41) is 3.50. The minimum Gasteiger partial charge on any atom is -0.309 e. The van der Waals surface area contributed by atoms with Gasteiger partial charge in [-0.1, -0.05) is 19.8 Å². The van der Waals surface area contributed by atoms with Crippen molar-refractivity contribution in [1.29, 1.82) is 0 Å². The van der Waals surface area contributed by atoms with Crippen molar-refractivity contribution in [2.45, 2.75) is 45.1 Å². The average molecular weight is 236 g/mol. The summed E-state index contributed by atoms with van der Waals surface area (Å²) in [5.41, 5.74) is 0.973. The van der Waals surface area contributed by atoms with Crippen LogP contribution in [-0.4, -0.2) is 11.5 Å². The van der Waals surface area contributed by atoms with Crippen LogP contribution in [0.4, 0.5) is 4.39 Å². The number of rotatable bonds is 7. The Labute approximate surface area is 103 Å². The smallest absolute Gasteiger partial charge is 0.141 e. The molecule has 1 heterocycles. The van der Waals surface area contributed by atoms with Gasteiger partial charge in [-0.25, -0.2) is 4.39 Å². The van der Waals surface area contributed by atoms with Gasteiger partial charge in [0.05, 0.1) is 11.9 Å². The highest BCUT2D eigenvalue weighted by atomic mass is 19.1. The molecule has 1 N–H and O–H groups in total. The monoisotopic (exact) mass is 236 g/mol. The van der Waals surface area contributed by atoms with E-state index in [1.54, 1.807) is 6.07 Å². The molecule has 0 aromatic carbocycles. The number of hydrogen-bond acceptors (Lipinski definition) is 2. The fourth-order valence-corrected chi connectivity index (χ4v) is 2.08. The number of halogens is 1. The molecule has 3 heteroatoms. The Morgan fingerprint density at radius 2 is 2.29 bits per heavy atom. The molecule has 0 aliphatic heterocycles. The third kappa shape index (κ3) is 4.08. The lowest BCUT2D eigenvalue weighted by Crippen LogP contribution is -2.23. The second kappa shape index (κ2) is 6.10. The number of hydrogen-bond donors (Lipinski definition) is 1. The Morgan fingerprint density at radius 3 is 2.88 bits per heavy atom. The summed E-state index contributed by atoms with van der Waals surface area (Å²) >= 11 is 0. The van der Waals surface area contributed by atoms with Crippen molar-refractivity contribution in [2.75, 3.05) is 6.54 Å². The maximum atomic E-state index is 12.8. The maximum Gasteiger partial charge on any atom is 0.141 e. The van der Waals surface area contributed by atoms with E-state index in [9.17, 15) is 4.39 Å². The first-order chi connectivity index (χ1) is 8.29. The van der Waals surface area contributed by atoms with Gasteiger partial charge in [-0.2, -0.15) is 0 Å². The van der Waals surface area contributed by atoms with Gasteiger partial charge < -0.3 is 5.32 Å². The molecule has 1 unspecified atom stereocenters. The average Bonchev–Trinajstić information content (AvgIpc) is 3.15. The van der Waals surface area contributed by atoms with Gasteiger partial charge in [-0.3, -0.25) is 4.98 Å². The lowest BCUT2D eigenvalue weighted by Gasteiger charge is -2.17. The Balaban J connectivity index is 1.93. The molecule has 1 aromatic heterocycles. The van der Waals surface area contributed by atoms with E-state index in [0.717, 1.165) is 31.0 Å². The highest BCUT2D eigenvalue weighted by molar-refractivity contribution is 5.10. The van der Waals surface area contributed by atoms with Gasteiger partial charge in [0.25, 0.3) is 0 Å². The van der Waals surface area contributed by atoms with Crippen molar-refractivity contribution in [2.24, 2.45) is 5.92 Å². The van der Waals surface area contributed by atoms with Gasteiger partial charge >= 0.3 is 0 Å². The summed E-state index contributed by atoms with van der Waals surface area (Å²) in [6.45, 7) is 3.15. The molecular formula is C14H21FN2. The van der Waals surface area contributed by atoms with Crippen LogP contribution in [0.3, 0.4) is 0 Å². The SMILES string of the molecule is CCCNC(CCC1CC1)c1ccc(F)cn1. The molecule has 1 atom stereocenters. The highest BCUT2D eigenvalue weighted by Crippen LogP contribution is 2.35. The Morgan fingerprint density at radius 1 is 1.47 bits per heavy atom. The Hall–Kier alpha value is -0.960. The van der Waals surface area contributed by atoms with Gasteiger partial charge in [-0.15, -0.1) is 0 Å². The standard InChI is InChI=1S/C14H21FN2/c1-2-9-16-13(7-5-11-3-4-11)14-8-6-12(15)10-17-14/h6,8,10-11,13,16H,2-5,7,9H2,1H3. The topological polar surface area (TPSA) is 24.9 Å². The van der Waals surface area contributed by atoms with Crippen molar-refractivity contribution in [3.8, 4) is 0 Å². The Bertz CT molecular complexity index is 333. The molecule has 1 aromatic rings. The van der Waals surface area contributed by atoms with Crippen molar-refractivity contribution >= 4 is 0 Å². The van der Waals surface area contributed by atoms with Crippen molar-refractivity contribution in [3.05, 3.63) is 29.8 Å². The Kier molecular flexibility index (Phi) is 4.49. The molecule has 1 saturated carbocycles. The molecule has 0 bridgehead atoms. The predicted octanol–water partition coefficient (Wildman–Crippen LogP) is 3.45. The van der Waals surface area contributed by atoms with E-state index in [4.69, 9.17) is 0 Å². The van der Waals surface area contributed by atoms with Crippen LogP contribution in [0.5, 0.6) is 0 Å². The van der Waals surface area contributed by atoms with Crippen LogP contribution in [0.25, 0.3) is 0 Å². The molecule has 1 aliphatic carbocycles. The predicted molar refractivity (Wildman–Crippen MR) is 67.2 cm³/mol. The van der Waals surface area contributed by atoms with E-state index in [1.165, 1.54) is 31.5 Å². The third-order valence-corrected chi connectivity index (χ3v) is 3.31. The first kappa shape index (κ1) is 12.5. The second-order valence-corrected chi connectivity index (χ2v) is 4.93. The zero-order valence-electron chi connectivity index (χ0n) is 10.5. The van der Waals surface area contributed by atoms with Crippen molar-refractivity contribution in [3.63, 3.8) is 0 Å². The fourth-order valence-electron chi connectivity index (χ4n) is 2.08. The number of aromatic nitrogens is 1.